The molecule has 0 fully saturated rings. The predicted octanol–water partition coefficient (Wildman–Crippen LogP) is 2.78. The van der Waals surface area contributed by atoms with Crippen molar-refractivity contribution >= 4 is 17.7 Å². The Kier molecular flexibility index (Phi) is 5.33. The second kappa shape index (κ2) is 5.48. The first-order valence-corrected chi connectivity index (χ1v) is 5.20. The van der Waals surface area contributed by atoms with Gasteiger partial charge in [-0.3, -0.25) is 4.79 Å². The molecular formula is C8H13F3O2S. The van der Waals surface area contributed by atoms with Crippen molar-refractivity contribution in [3.63, 3.8) is 0 Å². The predicted molar refractivity (Wildman–Crippen MR) is 49.4 cm³/mol. The number of halogens is 3. The second-order valence-electron chi connectivity index (χ2n) is 3.24. The Morgan fingerprint density at radius 3 is 2.21 bits per heavy atom. The third-order valence-corrected chi connectivity index (χ3v) is 3.08. The first-order valence-electron chi connectivity index (χ1n) is 4.15. The Labute approximate surface area is 84.9 Å². The van der Waals surface area contributed by atoms with Crippen molar-refractivity contribution in [3.8, 4) is 0 Å². The zero-order chi connectivity index (χ0) is 11.4. The van der Waals surface area contributed by atoms with E-state index in [0.29, 0.717) is 0 Å². The smallest absolute Gasteiger partial charge is 0.389 e. The minimum absolute atomic E-state index is 0.161. The zero-order valence-electron chi connectivity index (χ0n) is 7.97. The summed E-state index contributed by atoms with van der Waals surface area (Å²) in [4.78, 5) is 10.6. The average molecular weight is 230 g/mol. The molecule has 0 aromatic rings. The number of carboxylic acids is 1. The maximum absolute atomic E-state index is 11.7. The van der Waals surface area contributed by atoms with Crippen molar-refractivity contribution < 1.29 is 23.1 Å². The van der Waals surface area contributed by atoms with E-state index >= 15 is 0 Å². The number of thioether (sulfide) groups is 1. The summed E-state index contributed by atoms with van der Waals surface area (Å²) in [5.74, 6) is -1.41. The van der Waals surface area contributed by atoms with Crippen LogP contribution in [0, 0.1) is 5.92 Å². The lowest BCUT2D eigenvalue weighted by Gasteiger charge is -2.15. The molecule has 84 valence electrons. The topological polar surface area (TPSA) is 37.3 Å². The van der Waals surface area contributed by atoms with Gasteiger partial charge < -0.3 is 5.11 Å². The van der Waals surface area contributed by atoms with Gasteiger partial charge in [0.05, 0.1) is 6.42 Å². The molecule has 0 amide bonds. The number of carboxylic acid groups (broad SMARTS) is 1. The van der Waals surface area contributed by atoms with Crippen LogP contribution in [0.15, 0.2) is 0 Å². The highest BCUT2D eigenvalue weighted by Crippen LogP contribution is 2.26. The summed E-state index contributed by atoms with van der Waals surface area (Å²) >= 11 is 0.845. The zero-order valence-corrected chi connectivity index (χ0v) is 8.78. The van der Waals surface area contributed by atoms with Crippen LogP contribution in [0.25, 0.3) is 0 Å². The van der Waals surface area contributed by atoms with E-state index in [-0.39, 0.29) is 11.7 Å². The summed E-state index contributed by atoms with van der Waals surface area (Å²) in [5.41, 5.74) is 0. The lowest BCUT2D eigenvalue weighted by atomic mass is 10.1. The van der Waals surface area contributed by atoms with Gasteiger partial charge in [-0.05, 0) is 5.92 Å². The molecule has 0 rings (SSSR count). The third-order valence-electron chi connectivity index (χ3n) is 1.53. The average Bonchev–Trinajstić information content (AvgIpc) is 1.94. The molecule has 0 heterocycles. The Balaban J connectivity index is 3.90. The van der Waals surface area contributed by atoms with E-state index in [4.69, 9.17) is 5.11 Å². The molecule has 6 heteroatoms. The molecule has 1 atom stereocenters. The molecule has 0 aliphatic heterocycles. The van der Waals surface area contributed by atoms with E-state index in [9.17, 15) is 18.0 Å². The minimum atomic E-state index is -4.20. The van der Waals surface area contributed by atoms with E-state index in [1.54, 1.807) is 13.8 Å². The highest BCUT2D eigenvalue weighted by Gasteiger charge is 2.29. The van der Waals surface area contributed by atoms with Gasteiger partial charge in [0.1, 0.15) is 5.25 Å². The standard InChI is InChI=1S/C8H13F3O2S/c1-5(2)6(7(12)13)14-4-3-8(9,10)11/h5-6H,3-4H2,1-2H3,(H,12,13). The van der Waals surface area contributed by atoms with Crippen molar-refractivity contribution in [2.24, 2.45) is 5.92 Å². The van der Waals surface area contributed by atoms with Crippen LogP contribution >= 0.6 is 11.8 Å². The highest BCUT2D eigenvalue weighted by molar-refractivity contribution is 8.00. The van der Waals surface area contributed by atoms with Gasteiger partial charge in [-0.2, -0.15) is 13.2 Å². The van der Waals surface area contributed by atoms with Crippen molar-refractivity contribution in [3.05, 3.63) is 0 Å². The normalized spacial score (nSPS) is 14.4. The summed E-state index contributed by atoms with van der Waals surface area (Å²) in [6, 6.07) is 0. The highest BCUT2D eigenvalue weighted by atomic mass is 32.2. The van der Waals surface area contributed by atoms with Crippen molar-refractivity contribution in [1.82, 2.24) is 0 Å². The first-order chi connectivity index (χ1) is 6.24. The van der Waals surface area contributed by atoms with E-state index in [0.717, 1.165) is 11.8 Å². The summed E-state index contributed by atoms with van der Waals surface area (Å²) in [6.45, 7) is 3.36. The molecule has 0 aliphatic carbocycles. The van der Waals surface area contributed by atoms with E-state index in [1.807, 2.05) is 0 Å². The van der Waals surface area contributed by atoms with Gasteiger partial charge in [-0.15, -0.1) is 11.8 Å². The fourth-order valence-electron chi connectivity index (χ4n) is 0.851. The van der Waals surface area contributed by atoms with E-state index < -0.39 is 23.8 Å². The number of hydrogen-bond acceptors (Lipinski definition) is 2. The Morgan fingerprint density at radius 1 is 1.43 bits per heavy atom. The van der Waals surface area contributed by atoms with Crippen LogP contribution in [0.1, 0.15) is 20.3 Å². The Morgan fingerprint density at radius 2 is 1.93 bits per heavy atom. The molecule has 0 radical (unpaired) electrons. The molecule has 0 aliphatic rings. The van der Waals surface area contributed by atoms with Gasteiger partial charge >= 0.3 is 12.1 Å². The summed E-state index contributed by atoms with van der Waals surface area (Å²) < 4.78 is 35.2. The van der Waals surface area contributed by atoms with Crippen LogP contribution in [0.5, 0.6) is 0 Å². The molecule has 2 nitrogen and oxygen atoms in total. The molecular weight excluding hydrogens is 217 g/mol. The number of rotatable bonds is 5. The molecule has 0 bridgehead atoms. The van der Waals surface area contributed by atoms with Gasteiger partial charge in [-0.1, -0.05) is 13.8 Å². The Bertz CT molecular complexity index is 192. The number of carbonyl (C=O) groups is 1. The SMILES string of the molecule is CC(C)C(SCCC(F)(F)F)C(=O)O. The summed E-state index contributed by atoms with van der Waals surface area (Å²) in [7, 11) is 0. The largest absolute Gasteiger partial charge is 0.480 e. The van der Waals surface area contributed by atoms with Crippen LogP contribution in [0.2, 0.25) is 0 Å². The van der Waals surface area contributed by atoms with Crippen molar-refractivity contribution in [2.45, 2.75) is 31.7 Å². The molecule has 0 aromatic heterocycles. The van der Waals surface area contributed by atoms with Crippen LogP contribution < -0.4 is 0 Å². The molecule has 0 spiro atoms. The van der Waals surface area contributed by atoms with Gasteiger partial charge in [0.15, 0.2) is 0 Å². The minimum Gasteiger partial charge on any atom is -0.480 e. The molecule has 0 aromatic carbocycles. The molecule has 0 saturated carbocycles. The summed E-state index contributed by atoms with van der Waals surface area (Å²) in [6.07, 6.45) is -5.14. The van der Waals surface area contributed by atoms with E-state index in [1.165, 1.54) is 0 Å². The molecule has 0 saturated heterocycles. The fourth-order valence-corrected chi connectivity index (χ4v) is 1.98. The fraction of sp³-hybridized carbons (Fsp3) is 0.875. The molecule has 1 unspecified atom stereocenters. The maximum Gasteiger partial charge on any atom is 0.389 e. The summed E-state index contributed by atoms with van der Waals surface area (Å²) in [5, 5.41) is 7.92. The van der Waals surface area contributed by atoms with Gasteiger partial charge in [0, 0.05) is 5.75 Å². The van der Waals surface area contributed by atoms with Crippen LogP contribution in [0.4, 0.5) is 13.2 Å². The second-order valence-corrected chi connectivity index (χ2v) is 4.49. The number of alkyl halides is 3. The van der Waals surface area contributed by atoms with Crippen LogP contribution in [0.3, 0.4) is 0 Å². The van der Waals surface area contributed by atoms with Crippen LogP contribution in [-0.4, -0.2) is 28.3 Å². The third kappa shape index (κ3) is 6.12. The van der Waals surface area contributed by atoms with Gasteiger partial charge in [0.25, 0.3) is 0 Å². The number of hydrogen-bond donors (Lipinski definition) is 1. The lowest BCUT2D eigenvalue weighted by Crippen LogP contribution is -2.23. The monoisotopic (exact) mass is 230 g/mol. The molecule has 1 N–H and O–H groups in total. The van der Waals surface area contributed by atoms with Gasteiger partial charge in [-0.25, -0.2) is 0 Å². The lowest BCUT2D eigenvalue weighted by molar-refractivity contribution is -0.137. The van der Waals surface area contributed by atoms with Crippen molar-refractivity contribution in [1.29, 1.82) is 0 Å². The number of aliphatic carboxylic acids is 1. The van der Waals surface area contributed by atoms with Gasteiger partial charge in [0.2, 0.25) is 0 Å². The Hall–Kier alpha value is -0.390. The first kappa shape index (κ1) is 13.6. The molecule has 14 heavy (non-hydrogen) atoms. The van der Waals surface area contributed by atoms with Crippen molar-refractivity contribution in [2.75, 3.05) is 5.75 Å². The quantitative estimate of drug-likeness (QED) is 0.789. The van der Waals surface area contributed by atoms with E-state index in [2.05, 4.69) is 0 Å². The van der Waals surface area contributed by atoms with Crippen LogP contribution in [-0.2, 0) is 4.79 Å². The maximum atomic E-state index is 11.7.